The fourth-order valence-electron chi connectivity index (χ4n) is 1.07. The smallest absolute Gasteiger partial charge is 0.410 e. The number of carboxylic acids is 1. The van der Waals surface area contributed by atoms with E-state index in [1.165, 1.54) is 14.0 Å². The molecule has 0 aliphatic carbocycles. The number of alkyl carbamates (subject to hydrolysis) is 1. The van der Waals surface area contributed by atoms with Crippen molar-refractivity contribution in [1.82, 2.24) is 5.32 Å². The zero-order valence-electron chi connectivity index (χ0n) is 10.0. The zero-order valence-corrected chi connectivity index (χ0v) is 10.0. The van der Waals surface area contributed by atoms with E-state index in [2.05, 4.69) is 5.32 Å². The van der Waals surface area contributed by atoms with Crippen molar-refractivity contribution in [2.45, 2.75) is 39.5 Å². The van der Waals surface area contributed by atoms with Crippen LogP contribution in [0.15, 0.2) is 0 Å². The monoisotopic (exact) mass is 233 g/mol. The maximum Gasteiger partial charge on any atom is 0.410 e. The highest BCUT2D eigenvalue weighted by atomic mass is 16.7. The van der Waals surface area contributed by atoms with Crippen molar-refractivity contribution in [3.05, 3.63) is 0 Å². The molecular weight excluding hydrogens is 214 g/mol. The number of carbonyl (C=O) groups excluding carboxylic acids is 1. The maximum absolute atomic E-state index is 11.2. The third kappa shape index (κ3) is 6.23. The van der Waals surface area contributed by atoms with Crippen LogP contribution in [0.5, 0.6) is 0 Å². The Morgan fingerprint density at radius 3 is 2.25 bits per heavy atom. The number of carboxylic acid groups (broad SMARTS) is 1. The normalized spacial score (nSPS) is 14.3. The van der Waals surface area contributed by atoms with Gasteiger partial charge in [-0.1, -0.05) is 13.8 Å². The Balaban J connectivity index is 4.18. The molecule has 0 radical (unpaired) electrons. The second-order valence-corrected chi connectivity index (χ2v) is 3.87. The van der Waals surface area contributed by atoms with E-state index in [0.717, 1.165) is 0 Å². The number of amides is 1. The predicted molar refractivity (Wildman–Crippen MR) is 57.0 cm³/mol. The van der Waals surface area contributed by atoms with Crippen LogP contribution in [-0.2, 0) is 14.3 Å². The van der Waals surface area contributed by atoms with Gasteiger partial charge in [0.15, 0.2) is 0 Å². The Bertz CT molecular complexity index is 241. The molecule has 0 aromatic carbocycles. The molecule has 1 unspecified atom stereocenters. The SMILES string of the molecule is COC(C)OC(=O)N[C@@H](CC(C)C)C(=O)O. The lowest BCUT2D eigenvalue weighted by atomic mass is 10.0. The van der Waals surface area contributed by atoms with E-state index >= 15 is 0 Å². The van der Waals surface area contributed by atoms with Gasteiger partial charge in [-0.05, 0) is 19.3 Å². The Morgan fingerprint density at radius 1 is 1.31 bits per heavy atom. The summed E-state index contributed by atoms with van der Waals surface area (Å²) in [5.41, 5.74) is 0. The van der Waals surface area contributed by atoms with Crippen LogP contribution in [0.2, 0.25) is 0 Å². The molecule has 94 valence electrons. The zero-order chi connectivity index (χ0) is 12.7. The van der Waals surface area contributed by atoms with Gasteiger partial charge in [0, 0.05) is 7.11 Å². The summed E-state index contributed by atoms with van der Waals surface area (Å²) in [5, 5.41) is 11.1. The molecule has 0 heterocycles. The van der Waals surface area contributed by atoms with Gasteiger partial charge in [0.2, 0.25) is 6.29 Å². The summed E-state index contributed by atoms with van der Waals surface area (Å²) in [6.45, 7) is 5.29. The summed E-state index contributed by atoms with van der Waals surface area (Å²) in [7, 11) is 1.39. The molecule has 0 spiro atoms. The fourth-order valence-corrected chi connectivity index (χ4v) is 1.07. The molecule has 0 saturated heterocycles. The summed E-state index contributed by atoms with van der Waals surface area (Å²) in [4.78, 5) is 22.1. The van der Waals surface area contributed by atoms with Gasteiger partial charge in [-0.3, -0.25) is 0 Å². The Labute approximate surface area is 94.9 Å². The minimum Gasteiger partial charge on any atom is -0.480 e. The van der Waals surface area contributed by atoms with Crippen molar-refractivity contribution in [2.24, 2.45) is 5.92 Å². The number of ether oxygens (including phenoxy) is 2. The van der Waals surface area contributed by atoms with Gasteiger partial charge in [-0.2, -0.15) is 0 Å². The van der Waals surface area contributed by atoms with Gasteiger partial charge >= 0.3 is 12.1 Å². The lowest BCUT2D eigenvalue weighted by molar-refractivity contribution is -0.140. The molecule has 0 rings (SSSR count). The number of nitrogens with one attached hydrogen (secondary N) is 1. The lowest BCUT2D eigenvalue weighted by Crippen LogP contribution is -2.42. The van der Waals surface area contributed by atoms with Crippen molar-refractivity contribution in [1.29, 1.82) is 0 Å². The molecule has 0 aromatic rings. The van der Waals surface area contributed by atoms with Crippen molar-refractivity contribution >= 4 is 12.1 Å². The van der Waals surface area contributed by atoms with Gasteiger partial charge < -0.3 is 19.9 Å². The molecule has 0 saturated carbocycles. The first kappa shape index (κ1) is 14.7. The summed E-state index contributed by atoms with van der Waals surface area (Å²) >= 11 is 0. The van der Waals surface area contributed by atoms with E-state index < -0.39 is 24.4 Å². The van der Waals surface area contributed by atoms with Gasteiger partial charge in [-0.25, -0.2) is 9.59 Å². The molecule has 0 aromatic heterocycles. The van der Waals surface area contributed by atoms with Crippen LogP contribution in [0.3, 0.4) is 0 Å². The van der Waals surface area contributed by atoms with Crippen LogP contribution in [0, 0.1) is 5.92 Å². The topological polar surface area (TPSA) is 84.9 Å². The molecule has 2 atom stereocenters. The average molecular weight is 233 g/mol. The minimum atomic E-state index is -1.07. The number of carbonyl (C=O) groups is 2. The minimum absolute atomic E-state index is 0.168. The first-order valence-corrected chi connectivity index (χ1v) is 5.09. The Hall–Kier alpha value is -1.30. The van der Waals surface area contributed by atoms with Crippen molar-refractivity contribution < 1.29 is 24.2 Å². The first-order valence-electron chi connectivity index (χ1n) is 5.09. The summed E-state index contributed by atoms with van der Waals surface area (Å²) in [6.07, 6.45) is -1.14. The molecule has 0 aliphatic rings. The molecule has 1 amide bonds. The highest BCUT2D eigenvalue weighted by Gasteiger charge is 2.22. The van der Waals surface area contributed by atoms with Gasteiger partial charge in [0.1, 0.15) is 6.04 Å². The van der Waals surface area contributed by atoms with Crippen molar-refractivity contribution in [2.75, 3.05) is 7.11 Å². The second-order valence-electron chi connectivity index (χ2n) is 3.87. The van der Waals surface area contributed by atoms with Gasteiger partial charge in [-0.15, -0.1) is 0 Å². The van der Waals surface area contributed by atoms with E-state index in [-0.39, 0.29) is 5.92 Å². The molecule has 6 heteroatoms. The number of hydrogen-bond donors (Lipinski definition) is 2. The molecule has 0 fully saturated rings. The molecule has 16 heavy (non-hydrogen) atoms. The molecule has 2 N–H and O–H groups in total. The number of aliphatic carboxylic acids is 1. The lowest BCUT2D eigenvalue weighted by Gasteiger charge is -2.18. The quantitative estimate of drug-likeness (QED) is 0.673. The number of methoxy groups -OCH3 is 1. The highest BCUT2D eigenvalue weighted by Crippen LogP contribution is 2.05. The highest BCUT2D eigenvalue weighted by molar-refractivity contribution is 5.79. The van der Waals surface area contributed by atoms with E-state index in [9.17, 15) is 9.59 Å². The molecule has 0 aliphatic heterocycles. The van der Waals surface area contributed by atoms with Crippen molar-refractivity contribution in [3.63, 3.8) is 0 Å². The van der Waals surface area contributed by atoms with E-state index in [1.54, 1.807) is 0 Å². The van der Waals surface area contributed by atoms with E-state index in [0.29, 0.717) is 6.42 Å². The van der Waals surface area contributed by atoms with Gasteiger partial charge in [0.05, 0.1) is 0 Å². The average Bonchev–Trinajstić information content (AvgIpc) is 2.15. The maximum atomic E-state index is 11.2. The summed E-state index contributed by atoms with van der Waals surface area (Å²) < 4.78 is 9.44. The Kier molecular flexibility index (Phi) is 6.48. The number of rotatable bonds is 6. The third-order valence-corrected chi connectivity index (χ3v) is 1.90. The fraction of sp³-hybridized carbons (Fsp3) is 0.800. The van der Waals surface area contributed by atoms with Crippen LogP contribution in [0.1, 0.15) is 27.2 Å². The van der Waals surface area contributed by atoms with Crippen LogP contribution < -0.4 is 5.32 Å². The molecule has 0 bridgehead atoms. The largest absolute Gasteiger partial charge is 0.480 e. The van der Waals surface area contributed by atoms with Crippen LogP contribution in [0.25, 0.3) is 0 Å². The van der Waals surface area contributed by atoms with Gasteiger partial charge in [0.25, 0.3) is 0 Å². The molecule has 6 nitrogen and oxygen atoms in total. The summed E-state index contributed by atoms with van der Waals surface area (Å²) in [5.74, 6) is -0.906. The van der Waals surface area contributed by atoms with E-state index in [1.807, 2.05) is 13.8 Å². The van der Waals surface area contributed by atoms with Crippen LogP contribution >= 0.6 is 0 Å². The first-order chi connectivity index (χ1) is 7.36. The molecular formula is C10H19NO5. The Morgan fingerprint density at radius 2 is 1.88 bits per heavy atom. The standard InChI is InChI=1S/C10H19NO5/c1-6(2)5-8(9(12)13)11-10(14)16-7(3)15-4/h6-8H,5H2,1-4H3,(H,11,14)(H,12,13)/t7?,8-/m0/s1. The third-order valence-electron chi connectivity index (χ3n) is 1.90. The van der Waals surface area contributed by atoms with Crippen LogP contribution in [-0.4, -0.2) is 36.6 Å². The van der Waals surface area contributed by atoms with Crippen molar-refractivity contribution in [3.8, 4) is 0 Å². The number of hydrogen-bond acceptors (Lipinski definition) is 4. The van der Waals surface area contributed by atoms with Crippen LogP contribution in [0.4, 0.5) is 4.79 Å². The second kappa shape index (κ2) is 7.05. The predicted octanol–water partition coefficient (Wildman–Crippen LogP) is 1.20. The summed E-state index contributed by atoms with van der Waals surface area (Å²) in [6, 6.07) is -0.934. The van der Waals surface area contributed by atoms with E-state index in [4.69, 9.17) is 14.6 Å².